The molecule has 1 aliphatic rings. The summed E-state index contributed by atoms with van der Waals surface area (Å²) in [5.41, 5.74) is 0.393. The number of phenols is 1. The number of phenolic OH excluding ortho intramolecular Hbond substituents is 1. The Balaban J connectivity index is 1.60. The maximum Gasteiger partial charge on any atom is 0.326 e. The minimum absolute atomic E-state index is 0.00889. The average Bonchev–Trinajstić information content (AvgIpc) is 3.32. The molecule has 0 spiro atoms. The second kappa shape index (κ2) is 10.3. The number of rotatable bonds is 7. The first-order chi connectivity index (χ1) is 17.1. The molecule has 0 saturated carbocycles. The number of ether oxygens (including phenoxy) is 1. The van der Waals surface area contributed by atoms with Crippen molar-refractivity contribution in [2.75, 3.05) is 11.3 Å². The Bertz CT molecular complexity index is 1410. The van der Waals surface area contributed by atoms with Gasteiger partial charge in [0.1, 0.15) is 22.4 Å². The van der Waals surface area contributed by atoms with E-state index in [0.717, 1.165) is 12.1 Å². The Morgan fingerprint density at radius 3 is 2.33 bits per heavy atom. The fourth-order valence-electron chi connectivity index (χ4n) is 3.82. The van der Waals surface area contributed by atoms with Crippen LogP contribution in [-0.4, -0.2) is 48.0 Å². The molecule has 0 aromatic heterocycles. The summed E-state index contributed by atoms with van der Waals surface area (Å²) in [5.74, 6) is -2.15. The third-order valence-corrected chi connectivity index (χ3v) is 7.48. The van der Waals surface area contributed by atoms with Gasteiger partial charge in [-0.3, -0.25) is 9.52 Å². The molecule has 0 bridgehead atoms. The summed E-state index contributed by atoms with van der Waals surface area (Å²) in [6.07, 6.45) is 0.922. The van der Waals surface area contributed by atoms with Gasteiger partial charge < -0.3 is 19.8 Å². The number of sulfonamides is 1. The van der Waals surface area contributed by atoms with Crippen LogP contribution >= 0.6 is 23.2 Å². The Labute approximate surface area is 216 Å². The van der Waals surface area contributed by atoms with Crippen molar-refractivity contribution in [1.29, 1.82) is 0 Å². The van der Waals surface area contributed by atoms with Crippen molar-refractivity contribution >= 4 is 50.8 Å². The molecule has 1 amide bonds. The summed E-state index contributed by atoms with van der Waals surface area (Å²) >= 11 is 12.7. The number of amides is 1. The number of aromatic hydroxyl groups is 1. The Morgan fingerprint density at radius 2 is 1.69 bits per heavy atom. The van der Waals surface area contributed by atoms with E-state index in [1.807, 2.05) is 0 Å². The van der Waals surface area contributed by atoms with Crippen molar-refractivity contribution in [3.05, 3.63) is 76.3 Å². The number of carboxylic acid groups (broad SMARTS) is 1. The lowest BCUT2D eigenvalue weighted by Crippen LogP contribution is -2.40. The highest BCUT2D eigenvalue weighted by molar-refractivity contribution is 7.92. The highest BCUT2D eigenvalue weighted by Gasteiger charge is 2.35. The van der Waals surface area contributed by atoms with Crippen molar-refractivity contribution in [2.45, 2.75) is 23.8 Å². The summed E-state index contributed by atoms with van der Waals surface area (Å²) in [6, 6.07) is 13.4. The third kappa shape index (κ3) is 5.35. The number of para-hydroxylation sites is 1. The summed E-state index contributed by atoms with van der Waals surface area (Å²) in [5, 5.41) is 19.4. The normalized spacial score (nSPS) is 15.5. The van der Waals surface area contributed by atoms with Crippen LogP contribution in [0, 0.1) is 0 Å². The van der Waals surface area contributed by atoms with Gasteiger partial charge in [-0.2, -0.15) is 0 Å². The van der Waals surface area contributed by atoms with Crippen LogP contribution in [-0.2, 0) is 14.8 Å². The lowest BCUT2D eigenvalue weighted by atomic mass is 10.1. The monoisotopic (exact) mass is 550 g/mol. The van der Waals surface area contributed by atoms with Gasteiger partial charge in [-0.1, -0.05) is 41.4 Å². The van der Waals surface area contributed by atoms with Gasteiger partial charge in [-0.05, 0) is 49.2 Å². The molecule has 4 rings (SSSR count). The molecule has 3 aromatic carbocycles. The fourth-order valence-corrected chi connectivity index (χ4v) is 5.56. The number of hydrogen-bond donors (Lipinski definition) is 3. The molecule has 0 unspecified atom stereocenters. The van der Waals surface area contributed by atoms with Crippen molar-refractivity contribution in [3.63, 3.8) is 0 Å². The number of halogens is 2. The summed E-state index contributed by atoms with van der Waals surface area (Å²) in [4.78, 5) is 25.1. The number of nitrogens with one attached hydrogen (secondary N) is 1. The number of carboxylic acids is 1. The van der Waals surface area contributed by atoms with Crippen LogP contribution in [0.5, 0.6) is 17.2 Å². The minimum atomic E-state index is -4.16. The van der Waals surface area contributed by atoms with Gasteiger partial charge in [0, 0.05) is 23.9 Å². The average molecular weight is 551 g/mol. The number of anilines is 1. The van der Waals surface area contributed by atoms with Gasteiger partial charge in [-0.25, -0.2) is 13.2 Å². The quantitative estimate of drug-likeness (QED) is 0.377. The zero-order valence-electron chi connectivity index (χ0n) is 18.5. The van der Waals surface area contributed by atoms with Crippen molar-refractivity contribution < 1.29 is 33.0 Å². The zero-order valence-corrected chi connectivity index (χ0v) is 20.8. The molecule has 3 N–H and O–H groups in total. The first-order valence-corrected chi connectivity index (χ1v) is 12.9. The van der Waals surface area contributed by atoms with Crippen molar-refractivity contribution in [2.24, 2.45) is 0 Å². The topological polar surface area (TPSA) is 133 Å². The summed E-state index contributed by atoms with van der Waals surface area (Å²) in [6.45, 7) is 0.297. The van der Waals surface area contributed by atoms with Gasteiger partial charge in [0.25, 0.3) is 15.9 Å². The van der Waals surface area contributed by atoms with Gasteiger partial charge in [0.05, 0.1) is 10.0 Å². The Hall–Kier alpha value is -3.47. The molecule has 1 fully saturated rings. The van der Waals surface area contributed by atoms with Crippen LogP contribution in [0.1, 0.15) is 23.2 Å². The maximum atomic E-state index is 12.9. The number of nitrogens with zero attached hydrogens (tertiary/aromatic N) is 1. The van der Waals surface area contributed by atoms with Crippen LogP contribution in [0.15, 0.2) is 65.6 Å². The first kappa shape index (κ1) is 25.6. The van der Waals surface area contributed by atoms with Crippen LogP contribution in [0.2, 0.25) is 10.0 Å². The molecule has 1 atom stereocenters. The fraction of sp³-hybridized carbons (Fsp3) is 0.167. The van der Waals surface area contributed by atoms with Gasteiger partial charge in [0.2, 0.25) is 0 Å². The van der Waals surface area contributed by atoms with E-state index in [-0.39, 0.29) is 27.1 Å². The number of aliphatic carboxylic acids is 1. The molecule has 36 heavy (non-hydrogen) atoms. The molecule has 1 aliphatic heterocycles. The molecule has 188 valence electrons. The van der Waals surface area contributed by atoms with E-state index in [4.69, 9.17) is 27.9 Å². The molecule has 1 saturated heterocycles. The number of likely N-dealkylation sites (tertiary alicyclic amines) is 1. The number of carbonyl (C=O) groups excluding carboxylic acids is 1. The molecule has 12 heteroatoms. The van der Waals surface area contributed by atoms with E-state index < -0.39 is 38.6 Å². The SMILES string of the molecule is O=C(O)[C@@H]1CCCN1C(=O)c1cc(Cl)c(Oc2ccc(O)c(S(=O)(=O)Nc3ccccc3)c2)c(Cl)c1. The predicted molar refractivity (Wildman–Crippen MR) is 134 cm³/mol. The molecule has 0 aliphatic carbocycles. The molecule has 3 aromatic rings. The summed E-state index contributed by atoms with van der Waals surface area (Å²) in [7, 11) is -4.16. The van der Waals surface area contributed by atoms with E-state index in [1.165, 1.54) is 23.1 Å². The predicted octanol–water partition coefficient (Wildman–Crippen LogP) is 4.98. The van der Waals surface area contributed by atoms with Crippen LogP contribution in [0.25, 0.3) is 0 Å². The summed E-state index contributed by atoms with van der Waals surface area (Å²) < 4.78 is 33.7. The standard InChI is InChI=1S/C24H20Cl2N2O7S/c25-17-11-14(23(30)28-10-4-7-19(28)24(31)32)12-18(26)22(17)35-16-8-9-20(29)21(13-16)36(33,34)27-15-5-2-1-3-6-15/h1-3,5-6,8-9,11-13,19,27,29H,4,7,10H2,(H,31,32)/t19-/m0/s1. The van der Waals surface area contributed by atoms with Crippen molar-refractivity contribution in [3.8, 4) is 17.2 Å². The van der Waals surface area contributed by atoms with Crippen LogP contribution in [0.3, 0.4) is 0 Å². The lowest BCUT2D eigenvalue weighted by Gasteiger charge is -2.22. The molecule has 9 nitrogen and oxygen atoms in total. The Morgan fingerprint density at radius 1 is 1.03 bits per heavy atom. The molecular weight excluding hydrogens is 531 g/mol. The molecule has 0 radical (unpaired) electrons. The van der Waals surface area contributed by atoms with E-state index in [0.29, 0.717) is 25.1 Å². The van der Waals surface area contributed by atoms with E-state index in [1.54, 1.807) is 30.3 Å². The third-order valence-electron chi connectivity index (χ3n) is 5.51. The van der Waals surface area contributed by atoms with Crippen molar-refractivity contribution in [1.82, 2.24) is 4.90 Å². The van der Waals surface area contributed by atoms with Crippen LogP contribution in [0.4, 0.5) is 5.69 Å². The van der Waals surface area contributed by atoms with Gasteiger partial charge in [0.15, 0.2) is 5.75 Å². The Kier molecular flexibility index (Phi) is 7.30. The van der Waals surface area contributed by atoms with Crippen LogP contribution < -0.4 is 9.46 Å². The molecule has 1 heterocycles. The van der Waals surface area contributed by atoms with E-state index in [9.17, 15) is 28.2 Å². The smallest absolute Gasteiger partial charge is 0.326 e. The second-order valence-corrected chi connectivity index (χ2v) is 10.4. The number of carbonyl (C=O) groups is 2. The highest BCUT2D eigenvalue weighted by Crippen LogP contribution is 2.39. The number of hydrogen-bond acceptors (Lipinski definition) is 6. The minimum Gasteiger partial charge on any atom is -0.507 e. The zero-order chi connectivity index (χ0) is 26.0. The van der Waals surface area contributed by atoms with E-state index >= 15 is 0 Å². The highest BCUT2D eigenvalue weighted by atomic mass is 35.5. The van der Waals surface area contributed by atoms with E-state index in [2.05, 4.69) is 4.72 Å². The first-order valence-electron chi connectivity index (χ1n) is 10.7. The maximum absolute atomic E-state index is 12.9. The molecular formula is C24H20Cl2N2O7S. The van der Waals surface area contributed by atoms with Gasteiger partial charge in [-0.15, -0.1) is 0 Å². The lowest BCUT2D eigenvalue weighted by molar-refractivity contribution is -0.141. The number of benzene rings is 3. The van der Waals surface area contributed by atoms with Gasteiger partial charge >= 0.3 is 5.97 Å². The second-order valence-electron chi connectivity index (χ2n) is 7.97. The largest absolute Gasteiger partial charge is 0.507 e.